The zero-order valence-electron chi connectivity index (χ0n) is 18.6. The molecule has 1 fully saturated rings. The molecular formula is C29H27N3O. The Balaban J connectivity index is 1.40. The molecule has 4 heteroatoms. The van der Waals surface area contributed by atoms with Crippen LogP contribution in [0.5, 0.6) is 0 Å². The summed E-state index contributed by atoms with van der Waals surface area (Å²) < 4.78 is 1.84. The van der Waals surface area contributed by atoms with Gasteiger partial charge in [0.25, 0.3) is 0 Å². The van der Waals surface area contributed by atoms with Gasteiger partial charge in [0, 0.05) is 35.3 Å². The summed E-state index contributed by atoms with van der Waals surface area (Å²) in [6.45, 7) is 0. The van der Waals surface area contributed by atoms with E-state index >= 15 is 0 Å². The van der Waals surface area contributed by atoms with E-state index in [-0.39, 0.29) is 5.78 Å². The van der Waals surface area contributed by atoms with Crippen LogP contribution in [0.3, 0.4) is 0 Å². The molecule has 1 aliphatic carbocycles. The lowest BCUT2D eigenvalue weighted by Crippen LogP contribution is -2.05. The minimum atomic E-state index is -0.00482. The fourth-order valence-corrected chi connectivity index (χ4v) is 4.57. The molecule has 2 aromatic heterocycles. The average Bonchev–Trinajstić information content (AvgIpc) is 3.33. The topological polar surface area (TPSA) is 47.8 Å². The van der Waals surface area contributed by atoms with Crippen LogP contribution in [0.15, 0.2) is 91.4 Å². The lowest BCUT2D eigenvalue weighted by Gasteiger charge is -2.21. The normalized spacial score (nSPS) is 14.5. The van der Waals surface area contributed by atoms with Gasteiger partial charge in [-0.1, -0.05) is 61.7 Å². The van der Waals surface area contributed by atoms with Crippen molar-refractivity contribution in [2.45, 2.75) is 38.0 Å². The second kappa shape index (κ2) is 9.78. The number of benzene rings is 2. The standard InChI is InChI=1S/C29H27N3O/c33-28(24-15-13-23(14-16-24)22-8-3-1-4-9-22)18-17-26-21-32(27-11-5-2-6-12-27)31-29(26)25-10-7-19-30-20-25/h2,5-7,10-22H,1,3-4,8-9H2/b18-17+. The van der Waals surface area contributed by atoms with Gasteiger partial charge in [-0.05, 0) is 60.7 Å². The van der Waals surface area contributed by atoms with Crippen molar-refractivity contribution in [2.75, 3.05) is 0 Å². The Morgan fingerprint density at radius 1 is 0.909 bits per heavy atom. The van der Waals surface area contributed by atoms with Gasteiger partial charge in [0.05, 0.1) is 5.69 Å². The van der Waals surface area contributed by atoms with Gasteiger partial charge in [0.1, 0.15) is 5.69 Å². The second-order valence-corrected chi connectivity index (χ2v) is 8.61. The number of pyridine rings is 1. The first-order valence-electron chi connectivity index (χ1n) is 11.7. The Hall–Kier alpha value is -3.79. The number of aromatic nitrogens is 3. The molecule has 0 atom stereocenters. The van der Waals surface area contributed by atoms with E-state index in [2.05, 4.69) is 17.1 Å². The minimum Gasteiger partial charge on any atom is -0.289 e. The predicted molar refractivity (Wildman–Crippen MR) is 132 cm³/mol. The van der Waals surface area contributed by atoms with E-state index in [1.54, 1.807) is 18.5 Å². The molecule has 2 aromatic carbocycles. The summed E-state index contributed by atoms with van der Waals surface area (Å²) in [7, 11) is 0. The highest BCUT2D eigenvalue weighted by Crippen LogP contribution is 2.32. The molecule has 0 saturated heterocycles. The van der Waals surface area contributed by atoms with Crippen LogP contribution >= 0.6 is 0 Å². The third kappa shape index (κ3) is 4.85. The molecule has 1 saturated carbocycles. The maximum atomic E-state index is 12.9. The summed E-state index contributed by atoms with van der Waals surface area (Å²) in [5, 5.41) is 4.78. The van der Waals surface area contributed by atoms with Gasteiger partial charge in [-0.15, -0.1) is 0 Å². The second-order valence-electron chi connectivity index (χ2n) is 8.61. The van der Waals surface area contributed by atoms with Crippen LogP contribution in [0, 0.1) is 0 Å². The van der Waals surface area contributed by atoms with Gasteiger partial charge >= 0.3 is 0 Å². The highest BCUT2D eigenvalue weighted by Gasteiger charge is 2.16. The summed E-state index contributed by atoms with van der Waals surface area (Å²) in [6.07, 6.45) is 15.5. The zero-order valence-corrected chi connectivity index (χ0v) is 18.6. The first-order valence-corrected chi connectivity index (χ1v) is 11.7. The molecular weight excluding hydrogens is 406 g/mol. The number of nitrogens with zero attached hydrogens (tertiary/aromatic N) is 3. The molecule has 4 nitrogen and oxygen atoms in total. The van der Waals surface area contributed by atoms with Crippen LogP contribution in [-0.2, 0) is 0 Å². The van der Waals surface area contributed by atoms with Gasteiger partial charge in [0.2, 0.25) is 0 Å². The molecule has 33 heavy (non-hydrogen) atoms. The number of allylic oxidation sites excluding steroid dienone is 1. The summed E-state index contributed by atoms with van der Waals surface area (Å²) in [6, 6.07) is 22.0. The van der Waals surface area contributed by atoms with Gasteiger partial charge in [-0.2, -0.15) is 5.10 Å². The van der Waals surface area contributed by atoms with Crippen molar-refractivity contribution in [2.24, 2.45) is 0 Å². The molecule has 0 N–H and O–H groups in total. The van der Waals surface area contributed by atoms with Crippen molar-refractivity contribution in [3.8, 4) is 16.9 Å². The van der Waals surface area contributed by atoms with E-state index in [9.17, 15) is 4.79 Å². The summed E-state index contributed by atoms with van der Waals surface area (Å²) in [5.41, 5.74) is 5.62. The monoisotopic (exact) mass is 433 g/mol. The van der Waals surface area contributed by atoms with Gasteiger partial charge in [0.15, 0.2) is 5.78 Å². The first kappa shape index (κ1) is 21.1. The van der Waals surface area contributed by atoms with Crippen molar-refractivity contribution in [3.05, 3.63) is 108 Å². The number of hydrogen-bond acceptors (Lipinski definition) is 3. The maximum absolute atomic E-state index is 12.9. The number of hydrogen-bond donors (Lipinski definition) is 0. The lowest BCUT2D eigenvalue weighted by molar-refractivity contribution is 0.104. The van der Waals surface area contributed by atoms with Gasteiger partial charge in [-0.3, -0.25) is 9.78 Å². The number of carbonyl (C=O) groups is 1. The molecule has 0 amide bonds. The van der Waals surface area contributed by atoms with Crippen LogP contribution in [0.4, 0.5) is 0 Å². The Morgan fingerprint density at radius 3 is 2.42 bits per heavy atom. The summed E-state index contributed by atoms with van der Waals surface area (Å²) >= 11 is 0. The first-order chi connectivity index (χ1) is 16.3. The Bertz CT molecular complexity index is 1240. The van der Waals surface area contributed by atoms with Crippen LogP contribution in [0.25, 0.3) is 23.0 Å². The third-order valence-corrected chi connectivity index (χ3v) is 6.38. The molecule has 2 heterocycles. The third-order valence-electron chi connectivity index (χ3n) is 6.38. The molecule has 1 aliphatic rings. The molecule has 0 aliphatic heterocycles. The SMILES string of the molecule is O=C(/C=C/c1cn(-c2ccccc2)nc1-c1cccnc1)c1ccc(C2CCCCC2)cc1. The Labute approximate surface area is 194 Å². The van der Waals surface area contributed by atoms with Crippen molar-refractivity contribution in [1.29, 1.82) is 0 Å². The van der Waals surface area contributed by atoms with E-state index in [1.807, 2.05) is 71.6 Å². The van der Waals surface area contributed by atoms with Crippen molar-refractivity contribution < 1.29 is 4.79 Å². The van der Waals surface area contributed by atoms with Crippen LogP contribution < -0.4 is 0 Å². The van der Waals surface area contributed by atoms with E-state index in [1.165, 1.54) is 37.7 Å². The number of rotatable bonds is 6. The highest BCUT2D eigenvalue weighted by molar-refractivity contribution is 6.07. The smallest absolute Gasteiger partial charge is 0.185 e. The largest absolute Gasteiger partial charge is 0.289 e. The lowest BCUT2D eigenvalue weighted by atomic mass is 9.84. The van der Waals surface area contributed by atoms with E-state index in [0.29, 0.717) is 11.5 Å². The van der Waals surface area contributed by atoms with Crippen LogP contribution in [0.1, 0.15) is 59.5 Å². The summed E-state index contributed by atoms with van der Waals surface area (Å²) in [5.74, 6) is 0.638. The number of carbonyl (C=O) groups excluding carboxylic acids is 1. The highest BCUT2D eigenvalue weighted by atomic mass is 16.1. The molecule has 5 rings (SSSR count). The fraction of sp³-hybridized carbons (Fsp3) is 0.207. The zero-order chi connectivity index (χ0) is 22.5. The molecule has 0 bridgehead atoms. The van der Waals surface area contributed by atoms with Crippen molar-refractivity contribution >= 4 is 11.9 Å². The molecule has 0 spiro atoms. The Kier molecular flexibility index (Phi) is 6.25. The fourth-order valence-electron chi connectivity index (χ4n) is 4.57. The van der Waals surface area contributed by atoms with Gasteiger partial charge < -0.3 is 0 Å². The molecule has 4 aromatic rings. The van der Waals surface area contributed by atoms with Crippen LogP contribution in [0.2, 0.25) is 0 Å². The van der Waals surface area contributed by atoms with Crippen LogP contribution in [-0.4, -0.2) is 20.5 Å². The van der Waals surface area contributed by atoms with Gasteiger partial charge in [-0.25, -0.2) is 4.68 Å². The number of ketones is 1. The minimum absolute atomic E-state index is 0.00482. The van der Waals surface area contributed by atoms with E-state index in [0.717, 1.165) is 22.5 Å². The van der Waals surface area contributed by atoms with Crippen molar-refractivity contribution in [3.63, 3.8) is 0 Å². The van der Waals surface area contributed by atoms with Crippen molar-refractivity contribution in [1.82, 2.24) is 14.8 Å². The predicted octanol–water partition coefficient (Wildman–Crippen LogP) is 6.88. The molecule has 0 radical (unpaired) electrons. The van der Waals surface area contributed by atoms with E-state index < -0.39 is 0 Å². The average molecular weight is 434 g/mol. The van der Waals surface area contributed by atoms with E-state index in [4.69, 9.17) is 5.10 Å². The Morgan fingerprint density at radius 2 is 1.70 bits per heavy atom. The number of para-hydroxylation sites is 1. The maximum Gasteiger partial charge on any atom is 0.185 e. The molecule has 164 valence electrons. The summed E-state index contributed by atoms with van der Waals surface area (Å²) in [4.78, 5) is 17.1. The quantitative estimate of drug-likeness (QED) is 0.246. The molecule has 0 unspecified atom stereocenters.